The van der Waals surface area contributed by atoms with Crippen LogP contribution in [0.1, 0.15) is 24.2 Å². The van der Waals surface area contributed by atoms with E-state index in [0.29, 0.717) is 11.4 Å². The maximum Gasteiger partial charge on any atom is 0.256 e. The number of rotatable bonds is 5. The Morgan fingerprint density at radius 1 is 1.18 bits per heavy atom. The number of carbonyl (C=O) groups excluding carboxylic acids is 1. The van der Waals surface area contributed by atoms with Gasteiger partial charge in [0, 0.05) is 30.9 Å². The molecule has 0 saturated carbocycles. The summed E-state index contributed by atoms with van der Waals surface area (Å²) in [5, 5.41) is 6.68. The Morgan fingerprint density at radius 3 is 2.32 bits per heavy atom. The van der Waals surface area contributed by atoms with Crippen molar-refractivity contribution < 1.29 is 13.2 Å². The van der Waals surface area contributed by atoms with Crippen LogP contribution >= 0.6 is 0 Å². The van der Waals surface area contributed by atoms with Crippen LogP contribution in [0, 0.1) is 0 Å². The molecule has 1 heterocycles. The van der Waals surface area contributed by atoms with Gasteiger partial charge in [-0.25, -0.2) is 13.1 Å². The van der Waals surface area contributed by atoms with Crippen molar-refractivity contribution in [2.75, 3.05) is 5.32 Å². The lowest BCUT2D eigenvalue weighted by atomic mass is 10.2. The maximum atomic E-state index is 12.0. The van der Waals surface area contributed by atoms with E-state index in [9.17, 15) is 13.2 Å². The molecule has 0 aliphatic rings. The van der Waals surface area contributed by atoms with E-state index in [0.717, 1.165) is 0 Å². The van der Waals surface area contributed by atoms with Gasteiger partial charge in [0.2, 0.25) is 10.0 Å². The van der Waals surface area contributed by atoms with Gasteiger partial charge in [-0.1, -0.05) is 0 Å². The quantitative estimate of drug-likeness (QED) is 0.869. The van der Waals surface area contributed by atoms with Crippen molar-refractivity contribution in [3.05, 3.63) is 42.1 Å². The van der Waals surface area contributed by atoms with Crippen LogP contribution in [0.15, 0.2) is 41.4 Å². The molecule has 0 saturated heterocycles. The summed E-state index contributed by atoms with van der Waals surface area (Å²) in [6.45, 7) is 3.48. The SMILES string of the molecule is CC(C)NS(=O)(=O)c1ccc(C(=O)Nc2ccn(C)n2)cc1. The number of aryl methyl sites for hydroxylation is 1. The van der Waals surface area contributed by atoms with Gasteiger partial charge in [-0.3, -0.25) is 9.48 Å². The van der Waals surface area contributed by atoms with E-state index in [1.807, 2.05) is 0 Å². The second-order valence-electron chi connectivity index (χ2n) is 5.13. The maximum absolute atomic E-state index is 12.0. The van der Waals surface area contributed by atoms with Gasteiger partial charge in [0.15, 0.2) is 5.82 Å². The molecule has 1 amide bonds. The minimum atomic E-state index is -3.55. The number of hydrogen-bond donors (Lipinski definition) is 2. The molecule has 8 heteroatoms. The number of anilines is 1. The zero-order valence-electron chi connectivity index (χ0n) is 12.6. The molecule has 1 aromatic heterocycles. The second-order valence-corrected chi connectivity index (χ2v) is 6.84. The highest BCUT2D eigenvalue weighted by atomic mass is 32.2. The molecule has 0 bridgehead atoms. The van der Waals surface area contributed by atoms with Gasteiger partial charge in [-0.15, -0.1) is 0 Å². The van der Waals surface area contributed by atoms with Crippen molar-refractivity contribution >= 4 is 21.7 Å². The molecule has 2 aromatic rings. The number of benzene rings is 1. The molecular weight excluding hydrogens is 304 g/mol. The summed E-state index contributed by atoms with van der Waals surface area (Å²) in [5.74, 6) is 0.0881. The van der Waals surface area contributed by atoms with Crippen molar-refractivity contribution in [1.29, 1.82) is 0 Å². The highest BCUT2D eigenvalue weighted by Crippen LogP contribution is 2.12. The molecule has 7 nitrogen and oxygen atoms in total. The zero-order valence-corrected chi connectivity index (χ0v) is 13.4. The molecule has 118 valence electrons. The lowest BCUT2D eigenvalue weighted by Crippen LogP contribution is -2.30. The van der Waals surface area contributed by atoms with E-state index in [1.165, 1.54) is 24.3 Å². The second kappa shape index (κ2) is 6.29. The number of carbonyl (C=O) groups is 1. The normalized spacial score (nSPS) is 11.6. The molecule has 22 heavy (non-hydrogen) atoms. The third-order valence-electron chi connectivity index (χ3n) is 2.77. The van der Waals surface area contributed by atoms with Crippen molar-refractivity contribution in [1.82, 2.24) is 14.5 Å². The predicted molar refractivity (Wildman–Crippen MR) is 83.1 cm³/mol. The Hall–Kier alpha value is -2.19. The Bertz CT molecular complexity index is 764. The third kappa shape index (κ3) is 3.92. The Labute approximate surface area is 129 Å². The fraction of sp³-hybridized carbons (Fsp3) is 0.286. The van der Waals surface area contributed by atoms with E-state index in [-0.39, 0.29) is 16.8 Å². The highest BCUT2D eigenvalue weighted by Gasteiger charge is 2.16. The Balaban J connectivity index is 2.13. The number of hydrogen-bond acceptors (Lipinski definition) is 4. The van der Waals surface area contributed by atoms with Crippen molar-refractivity contribution in [2.24, 2.45) is 7.05 Å². The molecule has 0 spiro atoms. The summed E-state index contributed by atoms with van der Waals surface area (Å²) in [6, 6.07) is 7.21. The van der Waals surface area contributed by atoms with E-state index < -0.39 is 10.0 Å². The monoisotopic (exact) mass is 322 g/mol. The lowest BCUT2D eigenvalue weighted by Gasteiger charge is -2.10. The molecule has 0 fully saturated rings. The number of amides is 1. The molecule has 2 rings (SSSR count). The van der Waals surface area contributed by atoms with Crippen LogP contribution in [0.2, 0.25) is 0 Å². The average molecular weight is 322 g/mol. The number of nitrogens with one attached hydrogen (secondary N) is 2. The van der Waals surface area contributed by atoms with Crippen LogP contribution in [-0.4, -0.2) is 30.1 Å². The van der Waals surface area contributed by atoms with Crippen LogP contribution in [0.25, 0.3) is 0 Å². The highest BCUT2D eigenvalue weighted by molar-refractivity contribution is 7.89. The molecule has 2 N–H and O–H groups in total. The molecule has 0 aliphatic carbocycles. The number of sulfonamides is 1. The van der Waals surface area contributed by atoms with Gasteiger partial charge in [-0.2, -0.15) is 5.10 Å². The first-order valence-corrected chi connectivity index (χ1v) is 8.19. The third-order valence-corrected chi connectivity index (χ3v) is 4.45. The predicted octanol–water partition coefficient (Wildman–Crippen LogP) is 1.36. The zero-order chi connectivity index (χ0) is 16.3. The summed E-state index contributed by atoms with van der Waals surface area (Å²) in [6.07, 6.45) is 1.71. The number of aromatic nitrogens is 2. The Kier molecular flexibility index (Phi) is 4.62. The molecule has 0 atom stereocenters. The van der Waals surface area contributed by atoms with Crippen LogP contribution in [-0.2, 0) is 17.1 Å². The lowest BCUT2D eigenvalue weighted by molar-refractivity contribution is 0.102. The topological polar surface area (TPSA) is 93.1 Å². The number of nitrogens with zero attached hydrogens (tertiary/aromatic N) is 2. The minimum Gasteiger partial charge on any atom is -0.305 e. The van der Waals surface area contributed by atoms with Crippen LogP contribution < -0.4 is 10.0 Å². The fourth-order valence-corrected chi connectivity index (χ4v) is 3.09. The van der Waals surface area contributed by atoms with Gasteiger partial charge >= 0.3 is 0 Å². The summed E-state index contributed by atoms with van der Waals surface area (Å²) < 4.78 is 28.0. The largest absolute Gasteiger partial charge is 0.305 e. The van der Waals surface area contributed by atoms with Gasteiger partial charge in [0.25, 0.3) is 5.91 Å². The van der Waals surface area contributed by atoms with E-state index in [2.05, 4.69) is 15.1 Å². The summed E-state index contributed by atoms with van der Waals surface area (Å²) in [7, 11) is -1.81. The van der Waals surface area contributed by atoms with Crippen molar-refractivity contribution in [3.8, 4) is 0 Å². The molecule has 0 radical (unpaired) electrons. The van der Waals surface area contributed by atoms with Gasteiger partial charge in [-0.05, 0) is 38.1 Å². The first-order valence-electron chi connectivity index (χ1n) is 6.71. The van der Waals surface area contributed by atoms with E-state index >= 15 is 0 Å². The molecule has 0 aliphatic heterocycles. The molecule has 1 aromatic carbocycles. The molecular formula is C14H18N4O3S. The van der Waals surface area contributed by atoms with Gasteiger partial charge < -0.3 is 5.32 Å². The standard InChI is InChI=1S/C14H18N4O3S/c1-10(2)17-22(20,21)12-6-4-11(5-7-12)14(19)15-13-8-9-18(3)16-13/h4-10,17H,1-3H3,(H,15,16,19). The van der Waals surface area contributed by atoms with Crippen LogP contribution in [0.3, 0.4) is 0 Å². The first-order chi connectivity index (χ1) is 10.3. The average Bonchev–Trinajstić information content (AvgIpc) is 2.83. The summed E-state index contributed by atoms with van der Waals surface area (Å²) >= 11 is 0. The molecule has 0 unspecified atom stereocenters. The van der Waals surface area contributed by atoms with Crippen LogP contribution in [0.5, 0.6) is 0 Å². The Morgan fingerprint density at radius 2 is 1.82 bits per heavy atom. The van der Waals surface area contributed by atoms with Gasteiger partial charge in [0.05, 0.1) is 4.90 Å². The first kappa shape index (κ1) is 16.2. The van der Waals surface area contributed by atoms with Gasteiger partial charge in [0.1, 0.15) is 0 Å². The van der Waals surface area contributed by atoms with Crippen LogP contribution in [0.4, 0.5) is 5.82 Å². The summed E-state index contributed by atoms with van der Waals surface area (Å²) in [5.41, 5.74) is 0.356. The van der Waals surface area contributed by atoms with Crippen molar-refractivity contribution in [2.45, 2.75) is 24.8 Å². The smallest absolute Gasteiger partial charge is 0.256 e. The summed E-state index contributed by atoms with van der Waals surface area (Å²) in [4.78, 5) is 12.2. The minimum absolute atomic E-state index is 0.121. The fourth-order valence-electron chi connectivity index (χ4n) is 1.83. The van der Waals surface area contributed by atoms with Crippen molar-refractivity contribution in [3.63, 3.8) is 0 Å². The van der Waals surface area contributed by atoms with E-state index in [1.54, 1.807) is 37.8 Å². The van der Waals surface area contributed by atoms with E-state index in [4.69, 9.17) is 0 Å².